The van der Waals surface area contributed by atoms with E-state index in [9.17, 15) is 4.79 Å². The number of benzene rings is 1. The molecule has 0 bridgehead atoms. The molecule has 1 atom stereocenters. The molecule has 0 amide bonds. The van der Waals surface area contributed by atoms with Crippen molar-refractivity contribution in [3.8, 4) is 0 Å². The highest BCUT2D eigenvalue weighted by Crippen LogP contribution is 2.21. The molecule has 0 unspecified atom stereocenters. The van der Waals surface area contributed by atoms with Crippen molar-refractivity contribution in [3.05, 3.63) is 66.0 Å². The maximum absolute atomic E-state index is 11.2. The lowest BCUT2D eigenvalue weighted by atomic mass is 10.0. The third-order valence-corrected chi connectivity index (χ3v) is 2.60. The van der Waals surface area contributed by atoms with Crippen molar-refractivity contribution in [2.24, 2.45) is 0 Å². The van der Waals surface area contributed by atoms with E-state index < -0.39 is 0 Å². The van der Waals surface area contributed by atoms with Gasteiger partial charge in [-0.1, -0.05) is 36.4 Å². The fourth-order valence-corrected chi connectivity index (χ4v) is 1.80. The predicted molar refractivity (Wildman–Crippen MR) is 68.9 cm³/mol. The van der Waals surface area contributed by atoms with E-state index in [1.54, 1.807) is 6.20 Å². The minimum Gasteiger partial charge on any atom is -0.457 e. The summed E-state index contributed by atoms with van der Waals surface area (Å²) in [5.41, 5.74) is 1.89. The van der Waals surface area contributed by atoms with Crippen molar-refractivity contribution in [1.29, 1.82) is 0 Å². The summed E-state index contributed by atoms with van der Waals surface area (Å²) in [4.78, 5) is 15.4. The van der Waals surface area contributed by atoms with Crippen molar-refractivity contribution >= 4 is 5.97 Å². The summed E-state index contributed by atoms with van der Waals surface area (Å²) in [6, 6.07) is 15.4. The average molecular weight is 241 g/mol. The highest BCUT2D eigenvalue weighted by atomic mass is 16.5. The second kappa shape index (κ2) is 5.96. The van der Waals surface area contributed by atoms with Crippen LogP contribution in [0.3, 0.4) is 0 Å². The highest BCUT2D eigenvalue weighted by Gasteiger charge is 2.15. The number of ether oxygens (including phenoxy) is 1. The van der Waals surface area contributed by atoms with E-state index in [1.165, 1.54) is 6.92 Å². The number of hydrogen-bond donors (Lipinski definition) is 0. The van der Waals surface area contributed by atoms with E-state index in [0.717, 1.165) is 11.3 Å². The van der Waals surface area contributed by atoms with Crippen molar-refractivity contribution in [2.75, 3.05) is 0 Å². The normalized spacial score (nSPS) is 11.8. The van der Waals surface area contributed by atoms with Gasteiger partial charge in [0.25, 0.3) is 0 Å². The summed E-state index contributed by atoms with van der Waals surface area (Å²) < 4.78 is 5.36. The van der Waals surface area contributed by atoms with Gasteiger partial charge in [0.1, 0.15) is 6.10 Å². The lowest BCUT2D eigenvalue weighted by Crippen LogP contribution is -2.12. The van der Waals surface area contributed by atoms with Gasteiger partial charge in [-0.2, -0.15) is 0 Å². The number of aromatic nitrogens is 1. The minimum absolute atomic E-state index is 0.278. The Bertz CT molecular complexity index is 496. The SMILES string of the molecule is CC(=O)O[C@@H](Cc1ccccn1)c1ccccc1. The summed E-state index contributed by atoms with van der Waals surface area (Å²) in [7, 11) is 0. The van der Waals surface area contributed by atoms with E-state index in [2.05, 4.69) is 4.98 Å². The second-order valence-corrected chi connectivity index (χ2v) is 4.03. The summed E-state index contributed by atoms with van der Waals surface area (Å²) in [5.74, 6) is -0.278. The topological polar surface area (TPSA) is 39.2 Å². The number of carbonyl (C=O) groups is 1. The molecule has 18 heavy (non-hydrogen) atoms. The minimum atomic E-state index is -0.279. The lowest BCUT2D eigenvalue weighted by Gasteiger charge is -2.17. The van der Waals surface area contributed by atoms with E-state index in [0.29, 0.717) is 6.42 Å². The van der Waals surface area contributed by atoms with Crippen LogP contribution in [-0.4, -0.2) is 11.0 Å². The molecule has 0 spiro atoms. The Morgan fingerprint density at radius 2 is 1.89 bits per heavy atom. The first kappa shape index (κ1) is 12.3. The molecule has 1 aromatic heterocycles. The fourth-order valence-electron chi connectivity index (χ4n) is 1.80. The van der Waals surface area contributed by atoms with Gasteiger partial charge in [-0.05, 0) is 17.7 Å². The average Bonchev–Trinajstić information content (AvgIpc) is 2.40. The molecule has 3 nitrogen and oxygen atoms in total. The molecule has 0 saturated heterocycles. The maximum Gasteiger partial charge on any atom is 0.303 e. The molecule has 3 heteroatoms. The second-order valence-electron chi connectivity index (χ2n) is 4.03. The molecule has 1 aromatic carbocycles. The van der Waals surface area contributed by atoms with Gasteiger partial charge < -0.3 is 4.74 Å². The van der Waals surface area contributed by atoms with Crippen molar-refractivity contribution < 1.29 is 9.53 Å². The monoisotopic (exact) mass is 241 g/mol. The van der Waals surface area contributed by atoms with Crippen molar-refractivity contribution in [2.45, 2.75) is 19.4 Å². The number of carbonyl (C=O) groups excluding carboxylic acids is 1. The molecule has 0 radical (unpaired) electrons. The van der Waals surface area contributed by atoms with Crippen LogP contribution in [0.4, 0.5) is 0 Å². The molecule has 0 aliphatic heterocycles. The molecule has 0 aliphatic rings. The van der Waals surface area contributed by atoms with Gasteiger partial charge in [-0.3, -0.25) is 9.78 Å². The standard InChI is InChI=1S/C15H15NO2/c1-12(17)18-15(13-7-3-2-4-8-13)11-14-9-5-6-10-16-14/h2-10,15H,11H2,1H3/t15-/m0/s1. The fraction of sp³-hybridized carbons (Fsp3) is 0.200. The summed E-state index contributed by atoms with van der Waals surface area (Å²) in [5, 5.41) is 0. The van der Waals surface area contributed by atoms with E-state index in [1.807, 2.05) is 48.5 Å². The first-order valence-corrected chi connectivity index (χ1v) is 5.88. The number of pyridine rings is 1. The van der Waals surface area contributed by atoms with Crippen LogP contribution in [0, 0.1) is 0 Å². The quantitative estimate of drug-likeness (QED) is 0.772. The Morgan fingerprint density at radius 1 is 1.17 bits per heavy atom. The van der Waals surface area contributed by atoms with Crippen LogP contribution in [0.1, 0.15) is 24.3 Å². The maximum atomic E-state index is 11.2. The lowest BCUT2D eigenvalue weighted by molar-refractivity contribution is -0.146. The Labute approximate surface area is 106 Å². The number of nitrogens with zero attached hydrogens (tertiary/aromatic N) is 1. The van der Waals surface area contributed by atoms with Gasteiger partial charge in [0.05, 0.1) is 0 Å². The molecule has 1 heterocycles. The van der Waals surface area contributed by atoms with Gasteiger partial charge in [-0.25, -0.2) is 0 Å². The Kier molecular flexibility index (Phi) is 4.07. The van der Waals surface area contributed by atoms with Crippen LogP contribution >= 0.6 is 0 Å². The van der Waals surface area contributed by atoms with Crippen molar-refractivity contribution in [1.82, 2.24) is 4.98 Å². The number of esters is 1. The van der Waals surface area contributed by atoms with E-state index in [-0.39, 0.29) is 12.1 Å². The van der Waals surface area contributed by atoms with Gasteiger partial charge in [0.2, 0.25) is 0 Å². The van der Waals surface area contributed by atoms with Crippen LogP contribution in [0.25, 0.3) is 0 Å². The third kappa shape index (κ3) is 3.42. The van der Waals surface area contributed by atoms with Gasteiger partial charge in [0, 0.05) is 25.2 Å². The van der Waals surface area contributed by atoms with Crippen molar-refractivity contribution in [3.63, 3.8) is 0 Å². The van der Waals surface area contributed by atoms with Crippen LogP contribution in [-0.2, 0) is 16.0 Å². The largest absolute Gasteiger partial charge is 0.457 e. The van der Waals surface area contributed by atoms with Gasteiger partial charge >= 0.3 is 5.97 Å². The van der Waals surface area contributed by atoms with E-state index in [4.69, 9.17) is 4.74 Å². The van der Waals surface area contributed by atoms with Gasteiger partial charge in [-0.15, -0.1) is 0 Å². The summed E-state index contributed by atoms with van der Waals surface area (Å²) >= 11 is 0. The van der Waals surface area contributed by atoms with Gasteiger partial charge in [0.15, 0.2) is 0 Å². The van der Waals surface area contributed by atoms with Crippen LogP contribution < -0.4 is 0 Å². The van der Waals surface area contributed by atoms with Crippen LogP contribution in [0.15, 0.2) is 54.7 Å². The summed E-state index contributed by atoms with van der Waals surface area (Å²) in [6.45, 7) is 1.42. The Hall–Kier alpha value is -2.16. The summed E-state index contributed by atoms with van der Waals surface area (Å²) in [6.07, 6.45) is 2.05. The first-order chi connectivity index (χ1) is 8.75. The molecule has 2 aromatic rings. The molecular weight excluding hydrogens is 226 g/mol. The molecule has 0 fully saturated rings. The predicted octanol–water partition coefficient (Wildman–Crippen LogP) is 2.93. The molecule has 2 rings (SSSR count). The van der Waals surface area contributed by atoms with E-state index >= 15 is 0 Å². The molecule has 0 aliphatic carbocycles. The molecule has 0 N–H and O–H groups in total. The van der Waals surface area contributed by atoms with Crippen LogP contribution in [0.2, 0.25) is 0 Å². The zero-order valence-corrected chi connectivity index (χ0v) is 10.2. The zero-order chi connectivity index (χ0) is 12.8. The Morgan fingerprint density at radius 3 is 2.50 bits per heavy atom. The number of rotatable bonds is 4. The highest BCUT2D eigenvalue weighted by molar-refractivity contribution is 5.66. The smallest absolute Gasteiger partial charge is 0.303 e. The number of hydrogen-bond acceptors (Lipinski definition) is 3. The third-order valence-electron chi connectivity index (χ3n) is 2.60. The van der Waals surface area contributed by atoms with Crippen LogP contribution in [0.5, 0.6) is 0 Å². The Balaban J connectivity index is 2.18. The molecule has 92 valence electrons. The zero-order valence-electron chi connectivity index (χ0n) is 10.2. The molecule has 0 saturated carbocycles. The molecular formula is C15H15NO2. The first-order valence-electron chi connectivity index (χ1n) is 5.88.